The van der Waals surface area contributed by atoms with Gasteiger partial charge in [-0.3, -0.25) is 0 Å². The zero-order chi connectivity index (χ0) is 7.82. The summed E-state index contributed by atoms with van der Waals surface area (Å²) in [6.07, 6.45) is 4.81. The molecule has 0 spiro atoms. The largest absolute Gasteiger partial charge is 0.501 e. The minimum atomic E-state index is 0.297. The summed E-state index contributed by atoms with van der Waals surface area (Å²) in [5, 5.41) is 0. The second kappa shape index (κ2) is 6.62. The van der Waals surface area contributed by atoms with Crippen LogP contribution in [0.5, 0.6) is 0 Å². The number of hydrogen-bond donors (Lipinski definition) is 0. The van der Waals surface area contributed by atoms with Gasteiger partial charge in [-0.2, -0.15) is 0 Å². The van der Waals surface area contributed by atoms with Crippen molar-refractivity contribution in [2.75, 3.05) is 13.7 Å². The zero-order valence-electron chi connectivity index (χ0n) is 6.96. The average molecular weight is 144 g/mol. The Hall–Kier alpha value is -0.500. The third kappa shape index (κ3) is 5.63. The Morgan fingerprint density at radius 1 is 1.50 bits per heavy atom. The van der Waals surface area contributed by atoms with E-state index in [1.54, 1.807) is 13.4 Å². The first kappa shape index (κ1) is 9.50. The fourth-order valence-electron chi connectivity index (χ4n) is 0.516. The first-order chi connectivity index (χ1) is 4.81. The normalized spacial score (nSPS) is 13.9. The average Bonchev–Trinajstić information content (AvgIpc) is 1.98. The third-order valence-corrected chi connectivity index (χ3v) is 1.28. The van der Waals surface area contributed by atoms with E-state index in [0.29, 0.717) is 6.10 Å². The monoisotopic (exact) mass is 144 g/mol. The van der Waals surface area contributed by atoms with Gasteiger partial charge in [0, 0.05) is 13.5 Å². The predicted octanol–water partition coefficient (Wildman–Crippen LogP) is 1.96. The van der Waals surface area contributed by atoms with E-state index >= 15 is 0 Å². The molecule has 0 saturated heterocycles. The van der Waals surface area contributed by atoms with Crippen LogP contribution in [0.2, 0.25) is 0 Å². The standard InChI is InChI=1S/C8H16O2/c1-4-6-10-7-5-8(2)9-3/h4,6,8H,5,7H2,1-3H3. The minimum absolute atomic E-state index is 0.297. The summed E-state index contributed by atoms with van der Waals surface area (Å²) < 4.78 is 10.1. The lowest BCUT2D eigenvalue weighted by Gasteiger charge is -2.07. The van der Waals surface area contributed by atoms with E-state index in [-0.39, 0.29) is 0 Å². The molecule has 0 amide bonds. The highest BCUT2D eigenvalue weighted by atomic mass is 16.5. The van der Waals surface area contributed by atoms with Gasteiger partial charge in [0.05, 0.1) is 19.0 Å². The van der Waals surface area contributed by atoms with Gasteiger partial charge >= 0.3 is 0 Å². The molecule has 0 rings (SSSR count). The summed E-state index contributed by atoms with van der Waals surface area (Å²) in [7, 11) is 1.71. The van der Waals surface area contributed by atoms with E-state index in [1.165, 1.54) is 0 Å². The van der Waals surface area contributed by atoms with Crippen LogP contribution in [0.3, 0.4) is 0 Å². The molecule has 0 bridgehead atoms. The van der Waals surface area contributed by atoms with Crippen molar-refractivity contribution in [2.45, 2.75) is 26.4 Å². The van der Waals surface area contributed by atoms with Gasteiger partial charge in [0.1, 0.15) is 0 Å². The highest BCUT2D eigenvalue weighted by Crippen LogP contribution is 1.95. The van der Waals surface area contributed by atoms with E-state index in [2.05, 4.69) is 0 Å². The molecule has 1 unspecified atom stereocenters. The maximum Gasteiger partial charge on any atom is 0.0897 e. The lowest BCUT2D eigenvalue weighted by molar-refractivity contribution is 0.0875. The molecule has 1 atom stereocenters. The third-order valence-electron chi connectivity index (χ3n) is 1.28. The highest BCUT2D eigenvalue weighted by Gasteiger charge is 1.96. The maximum absolute atomic E-state index is 5.09. The number of allylic oxidation sites excluding steroid dienone is 1. The molecule has 10 heavy (non-hydrogen) atoms. The fourth-order valence-corrected chi connectivity index (χ4v) is 0.516. The van der Waals surface area contributed by atoms with Gasteiger partial charge in [-0.25, -0.2) is 0 Å². The van der Waals surface area contributed by atoms with Gasteiger partial charge in [0.15, 0.2) is 0 Å². The van der Waals surface area contributed by atoms with E-state index in [4.69, 9.17) is 9.47 Å². The lowest BCUT2D eigenvalue weighted by Crippen LogP contribution is -2.07. The zero-order valence-corrected chi connectivity index (χ0v) is 6.96. The van der Waals surface area contributed by atoms with E-state index in [9.17, 15) is 0 Å². The van der Waals surface area contributed by atoms with Crippen molar-refractivity contribution in [2.24, 2.45) is 0 Å². The molecule has 0 aromatic carbocycles. The van der Waals surface area contributed by atoms with Crippen molar-refractivity contribution >= 4 is 0 Å². The number of rotatable bonds is 5. The van der Waals surface area contributed by atoms with E-state index < -0.39 is 0 Å². The summed E-state index contributed by atoms with van der Waals surface area (Å²) in [6, 6.07) is 0. The molecule has 0 N–H and O–H groups in total. The van der Waals surface area contributed by atoms with Crippen molar-refractivity contribution in [3.05, 3.63) is 12.3 Å². The Balaban J connectivity index is 3.03. The molecule has 0 aromatic heterocycles. The molecular formula is C8H16O2. The summed E-state index contributed by atoms with van der Waals surface area (Å²) in [5.74, 6) is 0. The first-order valence-corrected chi connectivity index (χ1v) is 3.56. The minimum Gasteiger partial charge on any atom is -0.501 e. The van der Waals surface area contributed by atoms with Crippen LogP contribution in [0.25, 0.3) is 0 Å². The second-order valence-electron chi connectivity index (χ2n) is 2.18. The van der Waals surface area contributed by atoms with Gasteiger partial charge in [-0.05, 0) is 13.8 Å². The van der Waals surface area contributed by atoms with E-state index in [1.807, 2.05) is 19.9 Å². The molecule has 0 saturated carbocycles. The molecule has 0 aliphatic rings. The highest BCUT2D eigenvalue weighted by molar-refractivity contribution is 4.65. The summed E-state index contributed by atoms with van der Waals surface area (Å²) >= 11 is 0. The molecule has 0 fully saturated rings. The number of hydrogen-bond acceptors (Lipinski definition) is 2. The topological polar surface area (TPSA) is 18.5 Å². The van der Waals surface area contributed by atoms with Crippen molar-refractivity contribution < 1.29 is 9.47 Å². The van der Waals surface area contributed by atoms with Gasteiger partial charge < -0.3 is 9.47 Å². The van der Waals surface area contributed by atoms with Crippen LogP contribution in [0.15, 0.2) is 12.3 Å². The summed E-state index contributed by atoms with van der Waals surface area (Å²) in [4.78, 5) is 0. The summed E-state index contributed by atoms with van der Waals surface area (Å²) in [6.45, 7) is 4.69. The smallest absolute Gasteiger partial charge is 0.0897 e. The van der Waals surface area contributed by atoms with Crippen molar-refractivity contribution in [1.82, 2.24) is 0 Å². The van der Waals surface area contributed by atoms with Gasteiger partial charge in [-0.1, -0.05) is 6.08 Å². The Bertz CT molecular complexity index is 89.3. The molecule has 0 aliphatic heterocycles. The Kier molecular flexibility index (Phi) is 6.29. The quantitative estimate of drug-likeness (QED) is 0.434. The molecule has 0 aromatic rings. The molecule has 0 aliphatic carbocycles. The van der Waals surface area contributed by atoms with Crippen LogP contribution < -0.4 is 0 Å². The lowest BCUT2D eigenvalue weighted by atomic mass is 10.3. The SMILES string of the molecule is CC=COCCC(C)OC. The van der Waals surface area contributed by atoms with Gasteiger partial charge in [0.2, 0.25) is 0 Å². The Morgan fingerprint density at radius 3 is 2.70 bits per heavy atom. The van der Waals surface area contributed by atoms with Gasteiger partial charge in [0.25, 0.3) is 0 Å². The van der Waals surface area contributed by atoms with Crippen LogP contribution in [-0.2, 0) is 9.47 Å². The molecule has 0 radical (unpaired) electrons. The number of methoxy groups -OCH3 is 1. The van der Waals surface area contributed by atoms with Crippen LogP contribution in [0.1, 0.15) is 20.3 Å². The maximum atomic E-state index is 5.09. The Morgan fingerprint density at radius 2 is 2.20 bits per heavy atom. The molecule has 0 heterocycles. The second-order valence-corrected chi connectivity index (χ2v) is 2.18. The van der Waals surface area contributed by atoms with Crippen LogP contribution in [0.4, 0.5) is 0 Å². The van der Waals surface area contributed by atoms with E-state index in [0.717, 1.165) is 13.0 Å². The molecule has 2 nitrogen and oxygen atoms in total. The van der Waals surface area contributed by atoms with Crippen molar-refractivity contribution in [1.29, 1.82) is 0 Å². The first-order valence-electron chi connectivity index (χ1n) is 3.56. The van der Waals surface area contributed by atoms with Crippen molar-refractivity contribution in [3.63, 3.8) is 0 Å². The predicted molar refractivity (Wildman–Crippen MR) is 41.9 cm³/mol. The number of ether oxygens (including phenoxy) is 2. The fraction of sp³-hybridized carbons (Fsp3) is 0.750. The Labute approximate surface area is 62.8 Å². The molecule has 2 heteroatoms. The van der Waals surface area contributed by atoms with Crippen LogP contribution in [-0.4, -0.2) is 19.8 Å². The van der Waals surface area contributed by atoms with Crippen molar-refractivity contribution in [3.8, 4) is 0 Å². The molecule has 60 valence electrons. The van der Waals surface area contributed by atoms with Gasteiger partial charge in [-0.15, -0.1) is 0 Å². The molecular weight excluding hydrogens is 128 g/mol. The summed E-state index contributed by atoms with van der Waals surface area (Å²) in [5.41, 5.74) is 0. The van der Waals surface area contributed by atoms with Crippen LogP contribution >= 0.6 is 0 Å². The van der Waals surface area contributed by atoms with Crippen LogP contribution in [0, 0.1) is 0 Å².